The molecule has 0 bridgehead atoms. The fourth-order valence-electron chi connectivity index (χ4n) is 1.80. The van der Waals surface area contributed by atoms with Crippen molar-refractivity contribution in [3.8, 4) is 0 Å². The summed E-state index contributed by atoms with van der Waals surface area (Å²) in [5.74, 6) is -0.00830. The van der Waals surface area contributed by atoms with Crippen molar-refractivity contribution in [1.29, 1.82) is 0 Å². The molecule has 0 aromatic carbocycles. The van der Waals surface area contributed by atoms with Gasteiger partial charge in [0.25, 0.3) is 5.56 Å². The van der Waals surface area contributed by atoms with Crippen molar-refractivity contribution in [2.45, 2.75) is 26.8 Å². The van der Waals surface area contributed by atoms with Gasteiger partial charge in [-0.15, -0.1) is 0 Å². The lowest BCUT2D eigenvalue weighted by Gasteiger charge is -2.08. The first-order valence-electron chi connectivity index (χ1n) is 6.57. The summed E-state index contributed by atoms with van der Waals surface area (Å²) >= 11 is 0. The molecule has 2 N–H and O–H groups in total. The van der Waals surface area contributed by atoms with Crippen molar-refractivity contribution in [1.82, 2.24) is 19.5 Å². The van der Waals surface area contributed by atoms with E-state index < -0.39 is 17.1 Å². The van der Waals surface area contributed by atoms with Gasteiger partial charge in [0.2, 0.25) is 5.82 Å². The third kappa shape index (κ3) is 3.74. The zero-order valence-electron chi connectivity index (χ0n) is 11.8. The average Bonchev–Trinajstić information content (AvgIpc) is 2.42. The standard InChI is InChI=1S/C13H16FN5O2/c1-3-4-15-10-5-8(2)16-11(17-10)7-19-6-9(14)12(20)18-13(19)21/h5-6H,3-4,7H2,1-2H3,(H,15,16,17)(H,18,20,21). The van der Waals surface area contributed by atoms with E-state index in [1.165, 1.54) is 0 Å². The third-order valence-corrected chi connectivity index (χ3v) is 2.74. The SMILES string of the molecule is CCCNc1cc(C)nc(Cn2cc(F)c(=O)[nH]c2=O)n1. The van der Waals surface area contributed by atoms with E-state index in [1.54, 1.807) is 13.0 Å². The summed E-state index contributed by atoms with van der Waals surface area (Å²) in [5, 5.41) is 3.13. The van der Waals surface area contributed by atoms with Crippen molar-refractivity contribution in [2.24, 2.45) is 0 Å². The highest BCUT2D eigenvalue weighted by Crippen LogP contribution is 2.07. The molecule has 2 heterocycles. The lowest BCUT2D eigenvalue weighted by Crippen LogP contribution is -2.32. The zero-order valence-corrected chi connectivity index (χ0v) is 11.8. The summed E-state index contributed by atoms with van der Waals surface area (Å²) in [6.45, 7) is 4.58. The molecule has 2 rings (SSSR count). The largest absolute Gasteiger partial charge is 0.370 e. The number of H-pyrrole nitrogens is 1. The van der Waals surface area contributed by atoms with Crippen molar-refractivity contribution in [2.75, 3.05) is 11.9 Å². The van der Waals surface area contributed by atoms with E-state index in [2.05, 4.69) is 15.3 Å². The number of nitrogens with one attached hydrogen (secondary N) is 2. The molecule has 2 aromatic heterocycles. The van der Waals surface area contributed by atoms with Crippen LogP contribution >= 0.6 is 0 Å². The Morgan fingerprint density at radius 1 is 1.38 bits per heavy atom. The Kier molecular flexibility index (Phi) is 4.46. The second-order valence-corrected chi connectivity index (χ2v) is 4.60. The fourth-order valence-corrected chi connectivity index (χ4v) is 1.80. The number of aryl methyl sites for hydroxylation is 1. The molecule has 0 unspecified atom stereocenters. The van der Waals surface area contributed by atoms with E-state index in [-0.39, 0.29) is 6.54 Å². The van der Waals surface area contributed by atoms with Crippen LogP contribution in [0, 0.1) is 12.7 Å². The number of rotatable bonds is 5. The summed E-state index contributed by atoms with van der Waals surface area (Å²) in [7, 11) is 0. The lowest BCUT2D eigenvalue weighted by atomic mass is 10.4. The minimum absolute atomic E-state index is 0.0188. The fraction of sp³-hybridized carbons (Fsp3) is 0.385. The average molecular weight is 293 g/mol. The van der Waals surface area contributed by atoms with Crippen LogP contribution in [-0.4, -0.2) is 26.1 Å². The molecular formula is C13H16FN5O2. The molecule has 0 spiro atoms. The van der Waals surface area contributed by atoms with E-state index >= 15 is 0 Å². The Hall–Kier alpha value is -2.51. The summed E-state index contributed by atoms with van der Waals surface area (Å²) in [6, 6.07) is 1.79. The van der Waals surface area contributed by atoms with Crippen LogP contribution in [0.15, 0.2) is 21.9 Å². The molecule has 0 atom stereocenters. The summed E-state index contributed by atoms with van der Waals surface area (Å²) in [5.41, 5.74) is -1.00. The van der Waals surface area contributed by atoms with Gasteiger partial charge in [0.15, 0.2) is 5.82 Å². The molecule has 112 valence electrons. The quantitative estimate of drug-likeness (QED) is 0.844. The maximum atomic E-state index is 13.2. The number of nitrogens with zero attached hydrogens (tertiary/aromatic N) is 3. The Balaban J connectivity index is 2.31. The molecule has 8 heteroatoms. The van der Waals surface area contributed by atoms with Gasteiger partial charge in [0.1, 0.15) is 5.82 Å². The predicted octanol–water partition coefficient (Wildman–Crippen LogP) is 0.644. The van der Waals surface area contributed by atoms with Crippen LogP contribution in [0.5, 0.6) is 0 Å². The number of anilines is 1. The predicted molar refractivity (Wildman–Crippen MR) is 75.9 cm³/mol. The number of halogens is 1. The monoisotopic (exact) mass is 293 g/mol. The van der Waals surface area contributed by atoms with Crippen LogP contribution in [0.3, 0.4) is 0 Å². The van der Waals surface area contributed by atoms with E-state index in [1.807, 2.05) is 11.9 Å². The summed E-state index contributed by atoms with van der Waals surface area (Å²) in [6.07, 6.45) is 1.80. The van der Waals surface area contributed by atoms with Crippen molar-refractivity contribution in [3.05, 3.63) is 50.4 Å². The number of aromatic amines is 1. The van der Waals surface area contributed by atoms with Gasteiger partial charge >= 0.3 is 5.69 Å². The van der Waals surface area contributed by atoms with Crippen molar-refractivity contribution in [3.63, 3.8) is 0 Å². The molecule has 0 fully saturated rings. The first-order chi connectivity index (χ1) is 9.99. The van der Waals surface area contributed by atoms with Crippen LogP contribution in [-0.2, 0) is 6.54 Å². The van der Waals surface area contributed by atoms with Crippen LogP contribution < -0.4 is 16.6 Å². The molecule has 0 saturated heterocycles. The molecule has 0 radical (unpaired) electrons. The lowest BCUT2D eigenvalue weighted by molar-refractivity contribution is 0.561. The first kappa shape index (κ1) is 14.9. The highest BCUT2D eigenvalue weighted by molar-refractivity contribution is 5.35. The molecule has 0 saturated carbocycles. The topological polar surface area (TPSA) is 92.7 Å². The van der Waals surface area contributed by atoms with Crippen molar-refractivity contribution >= 4 is 5.82 Å². The number of hydrogen-bond donors (Lipinski definition) is 2. The molecule has 7 nitrogen and oxygen atoms in total. The van der Waals surface area contributed by atoms with Gasteiger partial charge in [-0.2, -0.15) is 4.39 Å². The normalized spacial score (nSPS) is 10.6. The maximum Gasteiger partial charge on any atom is 0.328 e. The first-order valence-corrected chi connectivity index (χ1v) is 6.57. The highest BCUT2D eigenvalue weighted by atomic mass is 19.1. The molecule has 0 aliphatic rings. The van der Waals surface area contributed by atoms with Crippen LogP contribution in [0.4, 0.5) is 10.2 Å². The molecule has 21 heavy (non-hydrogen) atoms. The van der Waals surface area contributed by atoms with Gasteiger partial charge < -0.3 is 5.32 Å². The minimum atomic E-state index is -1.04. The smallest absolute Gasteiger partial charge is 0.328 e. The Morgan fingerprint density at radius 2 is 2.14 bits per heavy atom. The Morgan fingerprint density at radius 3 is 2.86 bits per heavy atom. The van der Waals surface area contributed by atoms with Crippen LogP contribution in [0.1, 0.15) is 24.9 Å². The van der Waals surface area contributed by atoms with Gasteiger partial charge in [0.05, 0.1) is 12.7 Å². The second-order valence-electron chi connectivity index (χ2n) is 4.60. The van der Waals surface area contributed by atoms with E-state index in [0.29, 0.717) is 11.6 Å². The third-order valence-electron chi connectivity index (χ3n) is 2.74. The zero-order chi connectivity index (χ0) is 15.4. The van der Waals surface area contributed by atoms with Crippen molar-refractivity contribution < 1.29 is 4.39 Å². The highest BCUT2D eigenvalue weighted by Gasteiger charge is 2.07. The van der Waals surface area contributed by atoms with Gasteiger partial charge in [-0.3, -0.25) is 14.3 Å². The van der Waals surface area contributed by atoms with E-state index in [4.69, 9.17) is 0 Å². The van der Waals surface area contributed by atoms with Gasteiger partial charge in [-0.1, -0.05) is 6.92 Å². The Labute approximate surface area is 119 Å². The van der Waals surface area contributed by atoms with E-state index in [9.17, 15) is 14.0 Å². The molecule has 0 aliphatic carbocycles. The number of hydrogen-bond acceptors (Lipinski definition) is 5. The van der Waals surface area contributed by atoms with Crippen LogP contribution in [0.2, 0.25) is 0 Å². The molecular weight excluding hydrogens is 277 g/mol. The van der Waals surface area contributed by atoms with Gasteiger partial charge in [0, 0.05) is 18.3 Å². The van der Waals surface area contributed by atoms with Gasteiger partial charge in [-0.05, 0) is 13.3 Å². The molecule has 2 aromatic rings. The number of aromatic nitrogens is 4. The van der Waals surface area contributed by atoms with Gasteiger partial charge in [-0.25, -0.2) is 14.8 Å². The molecule has 0 aliphatic heterocycles. The maximum absolute atomic E-state index is 13.2. The second kappa shape index (κ2) is 6.29. The summed E-state index contributed by atoms with van der Waals surface area (Å²) in [4.78, 5) is 33.0. The van der Waals surface area contributed by atoms with E-state index in [0.717, 1.165) is 29.4 Å². The summed E-state index contributed by atoms with van der Waals surface area (Å²) < 4.78 is 14.3. The Bertz CT molecular complexity index is 753. The molecule has 0 amide bonds. The van der Waals surface area contributed by atoms with Crippen LogP contribution in [0.25, 0.3) is 0 Å². The minimum Gasteiger partial charge on any atom is -0.370 e.